The van der Waals surface area contributed by atoms with Gasteiger partial charge >= 0.3 is 0 Å². The van der Waals surface area contributed by atoms with Gasteiger partial charge < -0.3 is 20.8 Å². The van der Waals surface area contributed by atoms with E-state index in [4.69, 9.17) is 21.2 Å². The van der Waals surface area contributed by atoms with Crippen molar-refractivity contribution >= 4 is 22.8 Å². The minimum Gasteiger partial charge on any atom is -0.491 e. The third-order valence-corrected chi connectivity index (χ3v) is 4.84. The van der Waals surface area contributed by atoms with Crippen molar-refractivity contribution in [2.24, 2.45) is 0 Å². The summed E-state index contributed by atoms with van der Waals surface area (Å²) >= 11 is 0. The van der Waals surface area contributed by atoms with Crippen LogP contribution in [0, 0.1) is 6.92 Å². The maximum atomic E-state index is 5.85. The topological polar surface area (TPSA) is 105 Å². The van der Waals surface area contributed by atoms with Crippen molar-refractivity contribution in [2.75, 3.05) is 11.5 Å². The zero-order valence-electron chi connectivity index (χ0n) is 17.5. The van der Waals surface area contributed by atoms with Gasteiger partial charge in [0, 0.05) is 12.1 Å². The molecule has 0 aliphatic heterocycles. The smallest absolute Gasteiger partial charge is 0.160 e. The zero-order valence-corrected chi connectivity index (χ0v) is 17.5. The van der Waals surface area contributed by atoms with Gasteiger partial charge in [0.2, 0.25) is 0 Å². The van der Waals surface area contributed by atoms with Gasteiger partial charge in [0.25, 0.3) is 0 Å². The normalized spacial score (nSPS) is 11.3. The van der Waals surface area contributed by atoms with E-state index in [0.717, 1.165) is 47.0 Å². The maximum Gasteiger partial charge on any atom is 0.160 e. The second-order valence-electron chi connectivity index (χ2n) is 7.62. The molecular weight excluding hydrogens is 376 g/mol. The number of anilines is 2. The second kappa shape index (κ2) is 8.02. The third-order valence-electron chi connectivity index (χ3n) is 4.84. The van der Waals surface area contributed by atoms with E-state index in [0.29, 0.717) is 11.6 Å². The highest BCUT2D eigenvalue weighted by Gasteiger charge is 2.12. The van der Waals surface area contributed by atoms with Crippen molar-refractivity contribution in [3.63, 3.8) is 0 Å². The number of benzene rings is 1. The summed E-state index contributed by atoms with van der Waals surface area (Å²) in [5.74, 6) is 2.57. The summed E-state index contributed by atoms with van der Waals surface area (Å²) in [4.78, 5) is 13.6. The van der Waals surface area contributed by atoms with E-state index in [1.165, 1.54) is 5.56 Å². The standard InChI is InChI=1S/C23H26N6O/c1-14(2)30-18-6-4-5-16(11-18)9-10-29-15(3)26-20-8-7-19(27-23(20)29)17-12-21(24)28-22(25)13-17/h4-8,11-14H,9-10H2,1-3H3,(H4,24,25,28). The number of nitrogen functional groups attached to an aromatic ring is 2. The van der Waals surface area contributed by atoms with E-state index < -0.39 is 0 Å². The number of fused-ring (bicyclic) bond motifs is 1. The maximum absolute atomic E-state index is 5.85. The Labute approximate surface area is 175 Å². The van der Waals surface area contributed by atoms with Crippen LogP contribution in [0.1, 0.15) is 25.2 Å². The Morgan fingerprint density at radius 3 is 2.47 bits per heavy atom. The molecule has 0 atom stereocenters. The molecule has 0 unspecified atom stereocenters. The molecular formula is C23H26N6O. The van der Waals surface area contributed by atoms with Crippen LogP contribution in [0.5, 0.6) is 5.75 Å². The first kappa shape index (κ1) is 19.7. The van der Waals surface area contributed by atoms with Gasteiger partial charge in [-0.3, -0.25) is 0 Å². The first-order chi connectivity index (χ1) is 14.4. The van der Waals surface area contributed by atoms with E-state index in [1.807, 2.05) is 45.0 Å². The van der Waals surface area contributed by atoms with Gasteiger partial charge in [0.1, 0.15) is 28.7 Å². The summed E-state index contributed by atoms with van der Waals surface area (Å²) in [5, 5.41) is 0. The summed E-state index contributed by atoms with van der Waals surface area (Å²) in [7, 11) is 0. The number of nitrogens with two attached hydrogens (primary N) is 2. The fourth-order valence-electron chi connectivity index (χ4n) is 3.55. The summed E-state index contributed by atoms with van der Waals surface area (Å²) in [6.07, 6.45) is 1.00. The number of aromatic nitrogens is 4. The molecule has 0 aliphatic rings. The Morgan fingerprint density at radius 2 is 1.73 bits per heavy atom. The number of pyridine rings is 2. The van der Waals surface area contributed by atoms with Gasteiger partial charge in [-0.1, -0.05) is 12.1 Å². The Hall–Kier alpha value is -3.61. The lowest BCUT2D eigenvalue weighted by molar-refractivity contribution is 0.242. The predicted octanol–water partition coefficient (Wildman–Crippen LogP) is 4.00. The van der Waals surface area contributed by atoms with Gasteiger partial charge in [-0.25, -0.2) is 15.0 Å². The number of nitrogens with zero attached hydrogens (tertiary/aromatic N) is 4. The first-order valence-electron chi connectivity index (χ1n) is 10.0. The highest BCUT2D eigenvalue weighted by Crippen LogP contribution is 2.25. The molecule has 4 N–H and O–H groups in total. The molecule has 0 spiro atoms. The molecule has 30 heavy (non-hydrogen) atoms. The van der Waals surface area contributed by atoms with Crippen molar-refractivity contribution in [3.8, 4) is 17.0 Å². The molecule has 0 saturated heterocycles. The van der Waals surface area contributed by atoms with Crippen LogP contribution >= 0.6 is 0 Å². The van der Waals surface area contributed by atoms with Crippen LogP contribution in [-0.4, -0.2) is 25.6 Å². The van der Waals surface area contributed by atoms with Crippen LogP contribution in [0.15, 0.2) is 48.5 Å². The Balaban J connectivity index is 1.63. The van der Waals surface area contributed by atoms with Gasteiger partial charge in [0.15, 0.2) is 5.65 Å². The average molecular weight is 403 g/mol. The minimum atomic E-state index is 0.152. The summed E-state index contributed by atoms with van der Waals surface area (Å²) in [6.45, 7) is 6.83. The van der Waals surface area contributed by atoms with Crippen LogP contribution in [0.25, 0.3) is 22.4 Å². The zero-order chi connectivity index (χ0) is 21.3. The Morgan fingerprint density at radius 1 is 0.967 bits per heavy atom. The van der Waals surface area contributed by atoms with Crippen molar-refractivity contribution < 1.29 is 4.74 Å². The number of hydrogen-bond acceptors (Lipinski definition) is 6. The van der Waals surface area contributed by atoms with Crippen LogP contribution in [0.2, 0.25) is 0 Å². The van der Waals surface area contributed by atoms with Crippen LogP contribution in [-0.2, 0) is 13.0 Å². The number of hydrogen-bond donors (Lipinski definition) is 2. The molecule has 0 aliphatic carbocycles. The van der Waals surface area contributed by atoms with Crippen molar-refractivity contribution in [3.05, 3.63) is 59.9 Å². The van der Waals surface area contributed by atoms with E-state index in [9.17, 15) is 0 Å². The van der Waals surface area contributed by atoms with Crippen LogP contribution < -0.4 is 16.2 Å². The minimum absolute atomic E-state index is 0.152. The Bertz CT molecular complexity index is 1180. The van der Waals surface area contributed by atoms with Gasteiger partial charge in [-0.15, -0.1) is 0 Å². The van der Waals surface area contributed by atoms with E-state index in [2.05, 4.69) is 26.7 Å². The number of aryl methyl sites for hydroxylation is 3. The van der Waals surface area contributed by atoms with Crippen LogP contribution in [0.4, 0.5) is 11.6 Å². The molecule has 0 saturated carbocycles. The highest BCUT2D eigenvalue weighted by atomic mass is 16.5. The molecule has 7 nitrogen and oxygen atoms in total. The summed E-state index contributed by atoms with van der Waals surface area (Å²) in [5.41, 5.74) is 16.2. The van der Waals surface area contributed by atoms with Crippen LogP contribution in [0.3, 0.4) is 0 Å². The average Bonchev–Trinajstić information content (AvgIpc) is 2.99. The van der Waals surface area contributed by atoms with E-state index >= 15 is 0 Å². The molecule has 7 heteroatoms. The third kappa shape index (κ3) is 4.20. The van der Waals surface area contributed by atoms with E-state index in [-0.39, 0.29) is 6.10 Å². The Kier molecular flexibility index (Phi) is 5.27. The monoisotopic (exact) mass is 402 g/mol. The first-order valence-corrected chi connectivity index (χ1v) is 10.0. The largest absolute Gasteiger partial charge is 0.491 e. The molecule has 154 valence electrons. The highest BCUT2D eigenvalue weighted by molar-refractivity contribution is 5.77. The lowest BCUT2D eigenvalue weighted by Crippen LogP contribution is -2.07. The molecule has 3 aromatic heterocycles. The van der Waals surface area contributed by atoms with Gasteiger partial charge in [-0.05, 0) is 69.2 Å². The quantitative estimate of drug-likeness (QED) is 0.505. The van der Waals surface area contributed by atoms with Crippen molar-refractivity contribution in [1.29, 1.82) is 0 Å². The molecule has 0 fully saturated rings. The van der Waals surface area contributed by atoms with E-state index in [1.54, 1.807) is 12.1 Å². The fraction of sp³-hybridized carbons (Fsp3) is 0.261. The van der Waals surface area contributed by atoms with Gasteiger partial charge in [0.05, 0.1) is 11.8 Å². The molecule has 0 bridgehead atoms. The lowest BCUT2D eigenvalue weighted by atomic mass is 10.1. The molecule has 4 rings (SSSR count). The number of imidazole rings is 1. The lowest BCUT2D eigenvalue weighted by Gasteiger charge is -2.12. The predicted molar refractivity (Wildman–Crippen MR) is 120 cm³/mol. The molecule has 0 radical (unpaired) electrons. The number of rotatable bonds is 6. The number of ether oxygens (including phenoxy) is 1. The van der Waals surface area contributed by atoms with Crippen molar-refractivity contribution in [1.82, 2.24) is 19.5 Å². The summed E-state index contributed by atoms with van der Waals surface area (Å²) < 4.78 is 7.95. The molecule has 0 amide bonds. The molecule has 1 aromatic carbocycles. The molecule has 4 aromatic rings. The van der Waals surface area contributed by atoms with Gasteiger partial charge in [-0.2, -0.15) is 0 Å². The SMILES string of the molecule is Cc1nc2ccc(-c3cc(N)nc(N)c3)nc2n1CCc1cccc(OC(C)C)c1. The second-order valence-corrected chi connectivity index (χ2v) is 7.62. The van der Waals surface area contributed by atoms with Crippen molar-refractivity contribution in [2.45, 2.75) is 39.8 Å². The fourth-order valence-corrected chi connectivity index (χ4v) is 3.55. The molecule has 3 heterocycles. The summed E-state index contributed by atoms with van der Waals surface area (Å²) in [6, 6.07) is 15.7.